The fourth-order valence-electron chi connectivity index (χ4n) is 1.67. The molecular formula is C12H13ClN4O2. The third-order valence-electron chi connectivity index (χ3n) is 2.72. The van der Waals surface area contributed by atoms with Gasteiger partial charge in [-0.1, -0.05) is 23.7 Å². The average molecular weight is 281 g/mol. The molecule has 0 saturated heterocycles. The van der Waals surface area contributed by atoms with Gasteiger partial charge in [-0.25, -0.2) is 4.68 Å². The quantitative estimate of drug-likeness (QED) is 0.908. The highest BCUT2D eigenvalue weighted by Gasteiger charge is 2.10. The maximum absolute atomic E-state index is 10.5. The number of aryl methyl sites for hydroxylation is 2. The number of halogens is 1. The van der Waals surface area contributed by atoms with E-state index in [2.05, 4.69) is 15.5 Å². The van der Waals surface area contributed by atoms with Gasteiger partial charge in [0.2, 0.25) is 0 Å². The molecule has 0 spiro atoms. The number of hydrogen-bond donors (Lipinski definition) is 1. The van der Waals surface area contributed by atoms with Crippen molar-refractivity contribution in [2.75, 3.05) is 0 Å². The molecule has 0 aliphatic rings. The highest BCUT2D eigenvalue weighted by molar-refractivity contribution is 6.31. The van der Waals surface area contributed by atoms with Gasteiger partial charge < -0.3 is 5.11 Å². The van der Waals surface area contributed by atoms with Crippen LogP contribution >= 0.6 is 11.6 Å². The summed E-state index contributed by atoms with van der Waals surface area (Å²) in [4.78, 5) is 10.5. The number of rotatable bonds is 5. The largest absolute Gasteiger partial charge is 0.481 e. The van der Waals surface area contributed by atoms with E-state index < -0.39 is 5.97 Å². The number of tetrazole rings is 1. The van der Waals surface area contributed by atoms with Gasteiger partial charge in [-0.15, -0.1) is 5.10 Å². The fraction of sp³-hybridized carbons (Fsp3) is 0.333. The van der Waals surface area contributed by atoms with Crippen LogP contribution in [0.4, 0.5) is 0 Å². The first-order valence-corrected chi connectivity index (χ1v) is 6.20. The molecule has 1 aromatic heterocycles. The van der Waals surface area contributed by atoms with Crippen LogP contribution in [0, 0.1) is 6.92 Å². The Bertz CT molecular complexity index is 597. The number of nitrogens with zero attached hydrogens (tertiary/aromatic N) is 4. The van der Waals surface area contributed by atoms with Gasteiger partial charge >= 0.3 is 5.97 Å². The summed E-state index contributed by atoms with van der Waals surface area (Å²) in [6.45, 7) is 2.38. The molecular weight excluding hydrogens is 268 g/mol. The van der Waals surface area contributed by atoms with Crippen LogP contribution in [0.3, 0.4) is 0 Å². The zero-order valence-corrected chi connectivity index (χ0v) is 11.1. The van der Waals surface area contributed by atoms with E-state index in [-0.39, 0.29) is 6.42 Å². The molecule has 0 atom stereocenters. The van der Waals surface area contributed by atoms with Crippen molar-refractivity contribution in [2.45, 2.75) is 26.3 Å². The predicted octanol–water partition coefficient (Wildman–Crippen LogP) is 2.17. The number of carboxylic acids is 1. The van der Waals surface area contributed by atoms with E-state index in [1.807, 2.05) is 19.1 Å². The average Bonchev–Trinajstić information content (AvgIpc) is 2.80. The molecule has 2 aromatic rings. The summed E-state index contributed by atoms with van der Waals surface area (Å²) >= 11 is 6.07. The van der Waals surface area contributed by atoms with E-state index in [0.29, 0.717) is 23.8 Å². The van der Waals surface area contributed by atoms with Crippen molar-refractivity contribution in [3.05, 3.63) is 28.8 Å². The predicted molar refractivity (Wildman–Crippen MR) is 69.9 cm³/mol. The Balaban J connectivity index is 2.18. The normalized spacial score (nSPS) is 10.6. The smallest absolute Gasteiger partial charge is 0.303 e. The van der Waals surface area contributed by atoms with Gasteiger partial charge in [0, 0.05) is 23.6 Å². The summed E-state index contributed by atoms with van der Waals surface area (Å²) in [5, 5.41) is 20.7. The van der Waals surface area contributed by atoms with Crippen LogP contribution < -0.4 is 0 Å². The van der Waals surface area contributed by atoms with Crippen molar-refractivity contribution >= 4 is 17.6 Å². The lowest BCUT2D eigenvalue weighted by Crippen LogP contribution is -2.05. The van der Waals surface area contributed by atoms with Crippen LogP contribution in [0.5, 0.6) is 0 Å². The number of carboxylic acid groups (broad SMARTS) is 1. The molecule has 19 heavy (non-hydrogen) atoms. The standard InChI is InChI=1S/C12H13ClN4O2/c1-8-4-5-9(7-10(8)13)12-14-15-16-17(12)6-2-3-11(18)19/h4-5,7H,2-3,6H2,1H3,(H,18,19). The Morgan fingerprint density at radius 2 is 2.26 bits per heavy atom. The van der Waals surface area contributed by atoms with Gasteiger partial charge in [-0.2, -0.15) is 0 Å². The Labute approximate surface area is 115 Å². The summed E-state index contributed by atoms with van der Waals surface area (Å²) in [6.07, 6.45) is 0.570. The zero-order valence-electron chi connectivity index (χ0n) is 10.4. The van der Waals surface area contributed by atoms with Crippen molar-refractivity contribution in [1.82, 2.24) is 20.2 Å². The van der Waals surface area contributed by atoms with E-state index >= 15 is 0 Å². The molecule has 1 heterocycles. The number of aromatic nitrogens is 4. The molecule has 0 fully saturated rings. The van der Waals surface area contributed by atoms with Crippen LogP contribution in [-0.4, -0.2) is 31.3 Å². The molecule has 0 radical (unpaired) electrons. The number of hydrogen-bond acceptors (Lipinski definition) is 4. The lowest BCUT2D eigenvalue weighted by atomic mass is 10.1. The summed E-state index contributed by atoms with van der Waals surface area (Å²) < 4.78 is 1.59. The number of benzene rings is 1. The van der Waals surface area contributed by atoms with Gasteiger partial charge in [0.25, 0.3) is 0 Å². The van der Waals surface area contributed by atoms with Crippen molar-refractivity contribution in [2.24, 2.45) is 0 Å². The van der Waals surface area contributed by atoms with Crippen LogP contribution in [0.15, 0.2) is 18.2 Å². The van der Waals surface area contributed by atoms with Crippen molar-refractivity contribution in [1.29, 1.82) is 0 Å². The topological polar surface area (TPSA) is 80.9 Å². The van der Waals surface area contributed by atoms with Crippen molar-refractivity contribution in [3.63, 3.8) is 0 Å². The van der Waals surface area contributed by atoms with Crippen molar-refractivity contribution in [3.8, 4) is 11.4 Å². The molecule has 0 bridgehead atoms. The summed E-state index contributed by atoms with van der Waals surface area (Å²) in [6, 6.07) is 5.59. The lowest BCUT2D eigenvalue weighted by Gasteiger charge is -2.05. The third-order valence-corrected chi connectivity index (χ3v) is 3.13. The lowest BCUT2D eigenvalue weighted by molar-refractivity contribution is -0.137. The SMILES string of the molecule is Cc1ccc(-c2nnnn2CCCC(=O)O)cc1Cl. The van der Waals surface area contributed by atoms with Crippen LogP contribution in [0.2, 0.25) is 5.02 Å². The molecule has 0 saturated carbocycles. The minimum absolute atomic E-state index is 0.0912. The Morgan fingerprint density at radius 3 is 2.95 bits per heavy atom. The molecule has 0 amide bonds. The van der Waals surface area contributed by atoms with Gasteiger partial charge in [-0.3, -0.25) is 4.79 Å². The van der Waals surface area contributed by atoms with Gasteiger partial charge in [0.15, 0.2) is 5.82 Å². The Kier molecular flexibility index (Phi) is 4.11. The van der Waals surface area contributed by atoms with Crippen LogP contribution in [0.25, 0.3) is 11.4 Å². The molecule has 1 N–H and O–H groups in total. The molecule has 1 aromatic carbocycles. The fourth-order valence-corrected chi connectivity index (χ4v) is 1.85. The first-order valence-electron chi connectivity index (χ1n) is 5.82. The molecule has 2 rings (SSSR count). The Hall–Kier alpha value is -1.95. The molecule has 0 unspecified atom stereocenters. The highest BCUT2D eigenvalue weighted by atomic mass is 35.5. The summed E-state index contributed by atoms with van der Waals surface area (Å²) in [7, 11) is 0. The van der Waals surface area contributed by atoms with Gasteiger partial charge in [0.1, 0.15) is 0 Å². The molecule has 7 heteroatoms. The second-order valence-corrected chi connectivity index (χ2v) is 4.59. The summed E-state index contributed by atoms with van der Waals surface area (Å²) in [5.41, 5.74) is 1.80. The summed E-state index contributed by atoms with van der Waals surface area (Å²) in [5.74, 6) is -0.236. The van der Waals surface area contributed by atoms with E-state index in [1.54, 1.807) is 10.7 Å². The second-order valence-electron chi connectivity index (χ2n) is 4.19. The monoisotopic (exact) mass is 280 g/mol. The third kappa shape index (κ3) is 3.29. The van der Waals surface area contributed by atoms with E-state index in [1.165, 1.54) is 0 Å². The van der Waals surface area contributed by atoms with Gasteiger partial charge in [-0.05, 0) is 35.4 Å². The van der Waals surface area contributed by atoms with E-state index in [0.717, 1.165) is 11.1 Å². The molecule has 0 aliphatic carbocycles. The number of carbonyl (C=O) groups is 1. The maximum Gasteiger partial charge on any atom is 0.303 e. The molecule has 6 nitrogen and oxygen atoms in total. The first-order chi connectivity index (χ1) is 9.08. The van der Waals surface area contributed by atoms with Crippen LogP contribution in [-0.2, 0) is 11.3 Å². The maximum atomic E-state index is 10.5. The minimum Gasteiger partial charge on any atom is -0.481 e. The van der Waals surface area contributed by atoms with Crippen LogP contribution in [0.1, 0.15) is 18.4 Å². The van der Waals surface area contributed by atoms with Gasteiger partial charge in [0.05, 0.1) is 0 Å². The number of aliphatic carboxylic acids is 1. The molecule has 0 aliphatic heterocycles. The molecule has 100 valence electrons. The van der Waals surface area contributed by atoms with E-state index in [9.17, 15) is 4.79 Å². The Morgan fingerprint density at radius 1 is 1.47 bits per heavy atom. The first kappa shape index (κ1) is 13.5. The van der Waals surface area contributed by atoms with E-state index in [4.69, 9.17) is 16.7 Å². The zero-order chi connectivity index (χ0) is 13.8. The second kappa shape index (κ2) is 5.79. The highest BCUT2D eigenvalue weighted by Crippen LogP contribution is 2.23. The minimum atomic E-state index is -0.826. The van der Waals surface area contributed by atoms with Crippen molar-refractivity contribution < 1.29 is 9.90 Å².